The lowest BCUT2D eigenvalue weighted by Crippen LogP contribution is -2.40. The molecule has 0 bridgehead atoms. The maximum Gasteiger partial charge on any atom is 0.234 e. The summed E-state index contributed by atoms with van der Waals surface area (Å²) < 4.78 is 0. The maximum atomic E-state index is 11.7. The molecule has 1 aliphatic heterocycles. The van der Waals surface area contributed by atoms with Gasteiger partial charge in [-0.2, -0.15) is 0 Å². The van der Waals surface area contributed by atoms with Gasteiger partial charge in [0.1, 0.15) is 0 Å². The van der Waals surface area contributed by atoms with Crippen LogP contribution in [0.15, 0.2) is 0 Å². The van der Waals surface area contributed by atoms with Gasteiger partial charge in [-0.25, -0.2) is 0 Å². The van der Waals surface area contributed by atoms with Gasteiger partial charge in [0.15, 0.2) is 0 Å². The molecular weight excluding hydrogens is 230 g/mol. The Morgan fingerprint density at radius 1 is 1.17 bits per heavy atom. The number of rotatable bonds is 5. The van der Waals surface area contributed by atoms with Crippen LogP contribution >= 0.6 is 0 Å². The molecular formula is C13H25N3O2. The molecule has 18 heavy (non-hydrogen) atoms. The average Bonchev–Trinajstić information content (AvgIpc) is 2.55. The molecule has 1 rings (SSSR count). The van der Waals surface area contributed by atoms with Gasteiger partial charge in [-0.3, -0.25) is 14.5 Å². The molecule has 0 saturated carbocycles. The Balaban J connectivity index is 2.26. The van der Waals surface area contributed by atoms with Gasteiger partial charge >= 0.3 is 0 Å². The van der Waals surface area contributed by atoms with Crippen molar-refractivity contribution in [3.63, 3.8) is 0 Å². The van der Waals surface area contributed by atoms with E-state index >= 15 is 0 Å². The van der Waals surface area contributed by atoms with Crippen LogP contribution in [0.5, 0.6) is 0 Å². The molecule has 1 fully saturated rings. The standard InChI is InChI=1S/C13H25N3O2/c1-3-4-6-14-13(18)11-15-7-5-8-16(10-9-15)12(2)17/h3-11H2,1-2H3,(H,14,18). The van der Waals surface area contributed by atoms with Crippen molar-refractivity contribution < 1.29 is 9.59 Å². The summed E-state index contributed by atoms with van der Waals surface area (Å²) in [7, 11) is 0. The van der Waals surface area contributed by atoms with E-state index in [4.69, 9.17) is 0 Å². The third-order valence-corrected chi connectivity index (χ3v) is 3.25. The first-order chi connectivity index (χ1) is 8.63. The molecule has 2 amide bonds. The number of hydrogen-bond donors (Lipinski definition) is 1. The van der Waals surface area contributed by atoms with Crippen molar-refractivity contribution >= 4 is 11.8 Å². The van der Waals surface area contributed by atoms with Crippen molar-refractivity contribution in [1.29, 1.82) is 0 Å². The largest absolute Gasteiger partial charge is 0.355 e. The molecule has 0 aliphatic carbocycles. The van der Waals surface area contributed by atoms with Crippen molar-refractivity contribution in [3.8, 4) is 0 Å². The number of unbranched alkanes of at least 4 members (excludes halogenated alkanes) is 1. The zero-order valence-electron chi connectivity index (χ0n) is 11.6. The zero-order chi connectivity index (χ0) is 13.4. The molecule has 0 aromatic heterocycles. The fourth-order valence-corrected chi connectivity index (χ4v) is 2.11. The summed E-state index contributed by atoms with van der Waals surface area (Å²) in [6.07, 6.45) is 3.07. The summed E-state index contributed by atoms with van der Waals surface area (Å²) >= 11 is 0. The number of hydrogen-bond acceptors (Lipinski definition) is 3. The van der Waals surface area contributed by atoms with Crippen LogP contribution in [0.3, 0.4) is 0 Å². The van der Waals surface area contributed by atoms with E-state index in [1.54, 1.807) is 6.92 Å². The minimum absolute atomic E-state index is 0.0970. The fourth-order valence-electron chi connectivity index (χ4n) is 2.11. The quantitative estimate of drug-likeness (QED) is 0.726. The van der Waals surface area contributed by atoms with Crippen LogP contribution < -0.4 is 5.32 Å². The molecule has 104 valence electrons. The summed E-state index contributed by atoms with van der Waals surface area (Å²) in [5.74, 6) is 0.226. The number of amides is 2. The Labute approximate surface area is 110 Å². The first kappa shape index (κ1) is 15.0. The fraction of sp³-hybridized carbons (Fsp3) is 0.846. The topological polar surface area (TPSA) is 52.7 Å². The van der Waals surface area contributed by atoms with Gasteiger partial charge in [-0.15, -0.1) is 0 Å². The van der Waals surface area contributed by atoms with E-state index < -0.39 is 0 Å². The van der Waals surface area contributed by atoms with Crippen LogP contribution in [-0.4, -0.2) is 60.9 Å². The minimum atomic E-state index is 0.0970. The van der Waals surface area contributed by atoms with E-state index in [-0.39, 0.29) is 11.8 Å². The Hall–Kier alpha value is -1.10. The van der Waals surface area contributed by atoms with Gasteiger partial charge in [0, 0.05) is 39.6 Å². The second kappa shape index (κ2) is 8.08. The highest BCUT2D eigenvalue weighted by Crippen LogP contribution is 2.02. The third-order valence-electron chi connectivity index (χ3n) is 3.25. The second-order valence-electron chi connectivity index (χ2n) is 4.84. The van der Waals surface area contributed by atoms with Crippen molar-refractivity contribution in [2.45, 2.75) is 33.1 Å². The van der Waals surface area contributed by atoms with E-state index in [9.17, 15) is 9.59 Å². The highest BCUT2D eigenvalue weighted by molar-refractivity contribution is 5.78. The maximum absolute atomic E-state index is 11.7. The highest BCUT2D eigenvalue weighted by Gasteiger charge is 2.17. The van der Waals surface area contributed by atoms with Gasteiger partial charge in [-0.05, 0) is 12.8 Å². The Bertz CT molecular complexity index is 281. The van der Waals surface area contributed by atoms with Crippen LogP contribution in [0.2, 0.25) is 0 Å². The molecule has 0 aromatic carbocycles. The molecule has 1 aliphatic rings. The summed E-state index contributed by atoms with van der Waals surface area (Å²) in [5.41, 5.74) is 0. The summed E-state index contributed by atoms with van der Waals surface area (Å²) in [4.78, 5) is 26.9. The van der Waals surface area contributed by atoms with Gasteiger partial charge in [0.2, 0.25) is 11.8 Å². The third kappa shape index (κ3) is 5.49. The van der Waals surface area contributed by atoms with E-state index in [1.807, 2.05) is 4.90 Å². The van der Waals surface area contributed by atoms with Crippen LogP contribution in [0.25, 0.3) is 0 Å². The number of carbonyl (C=O) groups excluding carboxylic acids is 2. The van der Waals surface area contributed by atoms with Crippen LogP contribution in [-0.2, 0) is 9.59 Å². The number of nitrogens with one attached hydrogen (secondary N) is 1. The predicted octanol–water partition coefficient (Wildman–Crippen LogP) is 0.457. The summed E-state index contributed by atoms with van der Waals surface area (Å²) in [6.45, 7) is 8.16. The molecule has 1 heterocycles. The van der Waals surface area contributed by atoms with E-state index in [0.717, 1.165) is 52.0 Å². The van der Waals surface area contributed by atoms with Crippen LogP contribution in [0, 0.1) is 0 Å². The predicted molar refractivity (Wildman–Crippen MR) is 71.2 cm³/mol. The minimum Gasteiger partial charge on any atom is -0.355 e. The molecule has 1 saturated heterocycles. The smallest absolute Gasteiger partial charge is 0.234 e. The van der Waals surface area contributed by atoms with Gasteiger partial charge in [-0.1, -0.05) is 13.3 Å². The van der Waals surface area contributed by atoms with E-state index in [0.29, 0.717) is 6.54 Å². The molecule has 1 N–H and O–H groups in total. The lowest BCUT2D eigenvalue weighted by molar-refractivity contribution is -0.128. The van der Waals surface area contributed by atoms with Crippen molar-refractivity contribution in [2.24, 2.45) is 0 Å². The van der Waals surface area contributed by atoms with Gasteiger partial charge < -0.3 is 10.2 Å². The van der Waals surface area contributed by atoms with Gasteiger partial charge in [0.05, 0.1) is 6.54 Å². The normalized spacial score (nSPS) is 17.3. The first-order valence-electron chi connectivity index (χ1n) is 6.88. The highest BCUT2D eigenvalue weighted by atomic mass is 16.2. The van der Waals surface area contributed by atoms with Crippen LogP contribution in [0.4, 0.5) is 0 Å². The molecule has 0 radical (unpaired) electrons. The second-order valence-corrected chi connectivity index (χ2v) is 4.84. The molecule has 0 atom stereocenters. The van der Waals surface area contributed by atoms with Crippen molar-refractivity contribution in [2.75, 3.05) is 39.3 Å². The van der Waals surface area contributed by atoms with Crippen molar-refractivity contribution in [1.82, 2.24) is 15.1 Å². The lowest BCUT2D eigenvalue weighted by atomic mass is 10.3. The molecule has 5 heteroatoms. The Morgan fingerprint density at radius 3 is 2.61 bits per heavy atom. The zero-order valence-corrected chi connectivity index (χ0v) is 11.6. The summed E-state index contributed by atoms with van der Waals surface area (Å²) in [6, 6.07) is 0. The first-order valence-corrected chi connectivity index (χ1v) is 6.88. The molecule has 0 unspecified atom stereocenters. The number of carbonyl (C=O) groups is 2. The summed E-state index contributed by atoms with van der Waals surface area (Å²) in [5, 5.41) is 2.92. The molecule has 0 aromatic rings. The lowest BCUT2D eigenvalue weighted by Gasteiger charge is -2.20. The molecule has 0 spiro atoms. The Kier molecular flexibility index (Phi) is 6.72. The van der Waals surface area contributed by atoms with Crippen molar-refractivity contribution in [3.05, 3.63) is 0 Å². The van der Waals surface area contributed by atoms with E-state index in [1.165, 1.54) is 0 Å². The monoisotopic (exact) mass is 255 g/mol. The SMILES string of the molecule is CCCCNC(=O)CN1CCCN(C(C)=O)CC1. The van der Waals surface area contributed by atoms with Gasteiger partial charge in [0.25, 0.3) is 0 Å². The average molecular weight is 255 g/mol. The molecule has 5 nitrogen and oxygen atoms in total. The Morgan fingerprint density at radius 2 is 1.94 bits per heavy atom. The van der Waals surface area contributed by atoms with Crippen LogP contribution in [0.1, 0.15) is 33.1 Å². The van der Waals surface area contributed by atoms with E-state index in [2.05, 4.69) is 17.1 Å². The number of nitrogens with zero attached hydrogens (tertiary/aromatic N) is 2.